The Labute approximate surface area is 183 Å². The molecule has 1 saturated heterocycles. The highest BCUT2D eigenvalue weighted by atomic mass is 32.2. The van der Waals surface area contributed by atoms with Crippen LogP contribution < -0.4 is 14.2 Å². The highest BCUT2D eigenvalue weighted by Gasteiger charge is 2.34. The van der Waals surface area contributed by atoms with Crippen LogP contribution in [0.1, 0.15) is 29.5 Å². The van der Waals surface area contributed by atoms with Gasteiger partial charge in [0.25, 0.3) is 0 Å². The van der Waals surface area contributed by atoms with Crippen molar-refractivity contribution in [2.24, 2.45) is 5.92 Å². The quantitative estimate of drug-likeness (QED) is 0.530. The van der Waals surface area contributed by atoms with Gasteiger partial charge < -0.3 is 14.2 Å². The van der Waals surface area contributed by atoms with Gasteiger partial charge in [0.1, 0.15) is 19.0 Å². The second-order valence-corrected chi connectivity index (χ2v) is 10.00. The fraction of sp³-hybridized carbons (Fsp3) is 0.435. The van der Waals surface area contributed by atoms with Crippen molar-refractivity contribution in [2.75, 3.05) is 26.3 Å². The summed E-state index contributed by atoms with van der Waals surface area (Å²) in [5.74, 6) is 0.971. The van der Waals surface area contributed by atoms with Crippen LogP contribution in [0.5, 0.6) is 17.2 Å². The Balaban J connectivity index is 1.42. The number of piperidine rings is 1. The second-order valence-electron chi connectivity index (χ2n) is 8.06. The zero-order valence-corrected chi connectivity index (χ0v) is 18.8. The molecular formula is C23H27NO6S. The number of hydrogen-bond acceptors (Lipinski definition) is 6. The van der Waals surface area contributed by atoms with Gasteiger partial charge in [0.15, 0.2) is 11.5 Å². The lowest BCUT2D eigenvalue weighted by Crippen LogP contribution is -2.41. The van der Waals surface area contributed by atoms with Gasteiger partial charge in [-0.1, -0.05) is 12.1 Å². The molecule has 0 spiro atoms. The molecule has 0 radical (unpaired) electrons. The molecule has 0 aromatic heterocycles. The zero-order valence-electron chi connectivity index (χ0n) is 18.0. The standard InChI is InChI=1S/C23H27NO6S/c1-15-4-5-16(2)22(17(15)3)30-23(25)18-8-10-24(11-9-18)31(26,27)19-6-7-20-21(14-19)29-13-12-28-20/h4-7,14,18H,8-13H2,1-3H3. The maximum atomic E-state index is 13.1. The molecule has 2 aromatic carbocycles. The molecule has 2 aromatic rings. The molecule has 1 fully saturated rings. The lowest BCUT2D eigenvalue weighted by atomic mass is 9.98. The molecule has 31 heavy (non-hydrogen) atoms. The van der Waals surface area contributed by atoms with Crippen LogP contribution in [-0.4, -0.2) is 45.0 Å². The van der Waals surface area contributed by atoms with E-state index >= 15 is 0 Å². The van der Waals surface area contributed by atoms with Gasteiger partial charge in [-0.15, -0.1) is 0 Å². The van der Waals surface area contributed by atoms with E-state index in [1.807, 2.05) is 32.9 Å². The number of ether oxygens (including phenoxy) is 3. The number of aryl methyl sites for hydroxylation is 2. The number of benzene rings is 2. The minimum absolute atomic E-state index is 0.170. The number of carbonyl (C=O) groups is 1. The normalized spacial score (nSPS) is 17.4. The summed E-state index contributed by atoms with van der Waals surface area (Å²) in [6.45, 7) is 7.21. The van der Waals surface area contributed by atoms with Crippen LogP contribution in [0.15, 0.2) is 35.2 Å². The summed E-state index contributed by atoms with van der Waals surface area (Å²) >= 11 is 0. The molecule has 0 bridgehead atoms. The molecule has 0 atom stereocenters. The number of sulfonamides is 1. The molecule has 4 rings (SSSR count). The van der Waals surface area contributed by atoms with E-state index in [0.717, 1.165) is 16.7 Å². The molecule has 2 aliphatic heterocycles. The maximum Gasteiger partial charge on any atom is 0.314 e. The lowest BCUT2D eigenvalue weighted by molar-refractivity contribution is -0.140. The Morgan fingerprint density at radius 3 is 2.32 bits per heavy atom. The topological polar surface area (TPSA) is 82.1 Å². The van der Waals surface area contributed by atoms with Gasteiger partial charge in [-0.05, 0) is 62.4 Å². The minimum Gasteiger partial charge on any atom is -0.486 e. The van der Waals surface area contributed by atoms with E-state index < -0.39 is 10.0 Å². The third-order valence-corrected chi connectivity index (χ3v) is 7.91. The Kier molecular flexibility index (Phi) is 5.94. The monoisotopic (exact) mass is 445 g/mol. The highest BCUT2D eigenvalue weighted by Crippen LogP contribution is 2.34. The van der Waals surface area contributed by atoms with Crippen molar-refractivity contribution in [1.29, 1.82) is 0 Å². The summed E-state index contributed by atoms with van der Waals surface area (Å²) in [5.41, 5.74) is 2.93. The van der Waals surface area contributed by atoms with Crippen molar-refractivity contribution in [3.05, 3.63) is 47.0 Å². The number of rotatable bonds is 4. The Morgan fingerprint density at radius 2 is 1.61 bits per heavy atom. The van der Waals surface area contributed by atoms with Crippen LogP contribution in [0.25, 0.3) is 0 Å². The van der Waals surface area contributed by atoms with Gasteiger partial charge in [-0.25, -0.2) is 8.42 Å². The third-order valence-electron chi connectivity index (χ3n) is 6.01. The largest absolute Gasteiger partial charge is 0.486 e. The lowest BCUT2D eigenvalue weighted by Gasteiger charge is -2.30. The van der Waals surface area contributed by atoms with E-state index in [9.17, 15) is 13.2 Å². The summed E-state index contributed by atoms with van der Waals surface area (Å²) < 4.78 is 44.3. The van der Waals surface area contributed by atoms with Crippen molar-refractivity contribution in [3.63, 3.8) is 0 Å². The zero-order chi connectivity index (χ0) is 22.2. The number of carbonyl (C=O) groups excluding carboxylic acids is 1. The molecular weight excluding hydrogens is 418 g/mol. The van der Waals surface area contributed by atoms with Gasteiger partial charge in [-0.2, -0.15) is 4.31 Å². The Bertz CT molecular complexity index is 1100. The maximum absolute atomic E-state index is 13.1. The van der Waals surface area contributed by atoms with E-state index in [4.69, 9.17) is 14.2 Å². The first kappa shape index (κ1) is 21.6. The minimum atomic E-state index is -3.68. The fourth-order valence-corrected chi connectivity index (χ4v) is 5.42. The average Bonchev–Trinajstić information content (AvgIpc) is 2.79. The van der Waals surface area contributed by atoms with E-state index in [-0.39, 0.29) is 29.9 Å². The molecule has 166 valence electrons. The van der Waals surface area contributed by atoms with Crippen molar-refractivity contribution in [2.45, 2.75) is 38.5 Å². The third kappa shape index (κ3) is 4.27. The van der Waals surface area contributed by atoms with E-state index in [1.165, 1.54) is 16.4 Å². The molecule has 2 heterocycles. The van der Waals surface area contributed by atoms with Gasteiger partial charge in [0.05, 0.1) is 10.8 Å². The molecule has 0 unspecified atom stereocenters. The smallest absolute Gasteiger partial charge is 0.314 e. The van der Waals surface area contributed by atoms with E-state index in [0.29, 0.717) is 43.3 Å². The van der Waals surface area contributed by atoms with Crippen molar-refractivity contribution < 1.29 is 27.4 Å². The van der Waals surface area contributed by atoms with E-state index in [2.05, 4.69) is 0 Å². The Hall–Kier alpha value is -2.58. The van der Waals surface area contributed by atoms with E-state index in [1.54, 1.807) is 6.07 Å². The van der Waals surface area contributed by atoms with Crippen LogP contribution >= 0.6 is 0 Å². The fourth-order valence-electron chi connectivity index (χ4n) is 3.93. The number of esters is 1. The number of fused-ring (bicyclic) bond motifs is 1. The van der Waals surface area contributed by atoms with Gasteiger partial charge in [-0.3, -0.25) is 4.79 Å². The predicted molar refractivity (Wildman–Crippen MR) is 115 cm³/mol. The first-order valence-corrected chi connectivity index (χ1v) is 11.9. The molecule has 0 saturated carbocycles. The number of hydrogen-bond donors (Lipinski definition) is 0. The van der Waals surface area contributed by atoms with Crippen molar-refractivity contribution in [3.8, 4) is 17.2 Å². The highest BCUT2D eigenvalue weighted by molar-refractivity contribution is 7.89. The molecule has 0 amide bonds. The molecule has 2 aliphatic rings. The summed E-state index contributed by atoms with van der Waals surface area (Å²) in [7, 11) is -3.68. The van der Waals surface area contributed by atoms with Crippen molar-refractivity contribution >= 4 is 16.0 Å². The summed E-state index contributed by atoms with van der Waals surface area (Å²) in [6, 6.07) is 8.61. The van der Waals surface area contributed by atoms with Crippen LogP contribution in [0.4, 0.5) is 0 Å². The van der Waals surface area contributed by atoms with Crippen molar-refractivity contribution in [1.82, 2.24) is 4.31 Å². The van der Waals surface area contributed by atoms with Gasteiger partial charge in [0.2, 0.25) is 10.0 Å². The Morgan fingerprint density at radius 1 is 0.968 bits per heavy atom. The molecule has 8 heteroatoms. The van der Waals surface area contributed by atoms with Crippen LogP contribution in [0, 0.1) is 26.7 Å². The molecule has 0 N–H and O–H groups in total. The average molecular weight is 446 g/mol. The summed E-state index contributed by atoms with van der Waals surface area (Å²) in [6.07, 6.45) is 0.846. The first-order chi connectivity index (χ1) is 14.8. The molecule has 0 aliphatic carbocycles. The second kappa shape index (κ2) is 8.51. The SMILES string of the molecule is Cc1ccc(C)c(OC(=O)C2CCN(S(=O)(=O)c3ccc4c(c3)OCCO4)CC2)c1C. The summed E-state index contributed by atoms with van der Waals surface area (Å²) in [5, 5.41) is 0. The number of nitrogens with zero attached hydrogens (tertiary/aromatic N) is 1. The van der Waals surface area contributed by atoms with Crippen LogP contribution in [0.3, 0.4) is 0 Å². The molecule has 7 nitrogen and oxygen atoms in total. The van der Waals surface area contributed by atoms with Crippen LogP contribution in [0.2, 0.25) is 0 Å². The van der Waals surface area contributed by atoms with Crippen LogP contribution in [-0.2, 0) is 14.8 Å². The first-order valence-electron chi connectivity index (χ1n) is 10.5. The van der Waals surface area contributed by atoms with Gasteiger partial charge >= 0.3 is 5.97 Å². The summed E-state index contributed by atoms with van der Waals surface area (Å²) in [4.78, 5) is 12.9. The predicted octanol–water partition coefficient (Wildman–Crippen LogP) is 3.39. The van der Waals surface area contributed by atoms with Gasteiger partial charge in [0, 0.05) is 19.2 Å².